The van der Waals surface area contributed by atoms with Gasteiger partial charge in [0, 0.05) is 24.0 Å². The summed E-state index contributed by atoms with van der Waals surface area (Å²) in [5.74, 6) is -0.199. The summed E-state index contributed by atoms with van der Waals surface area (Å²) < 4.78 is 5.81. The first-order chi connectivity index (χ1) is 12.1. The number of carbonyl (C=O) groups excluding carboxylic acids is 1. The second-order valence-corrected chi connectivity index (χ2v) is 8.52. The van der Waals surface area contributed by atoms with E-state index in [0.29, 0.717) is 24.5 Å². The molecular weight excluding hydrogens is 422 g/mol. The molecule has 0 aliphatic carbocycles. The fraction of sp³-hybridized carbons (Fsp3) is 0.353. The molecule has 3 heterocycles. The maximum Gasteiger partial charge on any atom is 0.305 e. The summed E-state index contributed by atoms with van der Waals surface area (Å²) in [7, 11) is 1.41. The van der Waals surface area contributed by atoms with E-state index >= 15 is 0 Å². The maximum atomic E-state index is 11.4. The van der Waals surface area contributed by atoms with Gasteiger partial charge in [-0.25, -0.2) is 0 Å². The third-order valence-electron chi connectivity index (χ3n) is 4.09. The van der Waals surface area contributed by atoms with Gasteiger partial charge >= 0.3 is 5.97 Å². The van der Waals surface area contributed by atoms with Gasteiger partial charge in [0.2, 0.25) is 0 Å². The topological polar surface area (TPSA) is 54.5 Å². The van der Waals surface area contributed by atoms with E-state index in [-0.39, 0.29) is 18.1 Å². The molecule has 1 aliphatic rings. The first-order valence-electron chi connectivity index (χ1n) is 7.90. The van der Waals surface area contributed by atoms with Crippen LogP contribution >= 0.6 is 39.5 Å². The number of halogens is 1. The Balaban J connectivity index is 1.85. The minimum atomic E-state index is -0.199. The number of esters is 1. The quantitative estimate of drug-likeness (QED) is 0.545. The average Bonchev–Trinajstić information content (AvgIpc) is 3.19. The highest BCUT2D eigenvalue weighted by Crippen LogP contribution is 2.42. The second-order valence-electron chi connectivity index (χ2n) is 5.64. The second kappa shape index (κ2) is 8.25. The number of pyridine rings is 1. The first-order valence-corrected chi connectivity index (χ1v) is 9.92. The zero-order chi connectivity index (χ0) is 17.8. The molecule has 3 rings (SSSR count). The van der Waals surface area contributed by atoms with Crippen LogP contribution < -0.4 is 5.32 Å². The molecule has 5 nitrogen and oxygen atoms in total. The fourth-order valence-corrected chi connectivity index (χ4v) is 4.84. The van der Waals surface area contributed by atoms with E-state index in [0.717, 1.165) is 9.48 Å². The molecule has 0 aromatic carbocycles. The smallest absolute Gasteiger partial charge is 0.305 e. The fourth-order valence-electron chi connectivity index (χ4n) is 2.94. The van der Waals surface area contributed by atoms with Gasteiger partial charge in [0.1, 0.15) is 0 Å². The summed E-state index contributed by atoms with van der Waals surface area (Å²) in [4.78, 5) is 19.3. The third-order valence-corrected chi connectivity index (χ3v) is 6.14. The van der Waals surface area contributed by atoms with Crippen molar-refractivity contribution >= 4 is 50.6 Å². The SMILES string of the molecule is COC(=O)CCCN1C(=S)N[C@H](c2ccccn2)[C@H]1c1ccc(Br)s1. The van der Waals surface area contributed by atoms with Crippen LogP contribution in [0, 0.1) is 0 Å². The average molecular weight is 440 g/mol. The highest BCUT2D eigenvalue weighted by atomic mass is 79.9. The number of rotatable bonds is 6. The van der Waals surface area contributed by atoms with Crippen LogP contribution in [0.5, 0.6) is 0 Å². The van der Waals surface area contributed by atoms with E-state index in [1.807, 2.05) is 24.3 Å². The Kier molecular flexibility index (Phi) is 6.03. The Labute approximate surface area is 164 Å². The minimum Gasteiger partial charge on any atom is -0.469 e. The molecule has 0 saturated carbocycles. The molecule has 2 aromatic heterocycles. The molecule has 2 aromatic rings. The largest absolute Gasteiger partial charge is 0.469 e. The molecule has 1 fully saturated rings. The number of thiophene rings is 1. The lowest BCUT2D eigenvalue weighted by atomic mass is 10.0. The van der Waals surface area contributed by atoms with Crippen molar-refractivity contribution in [1.82, 2.24) is 15.2 Å². The highest BCUT2D eigenvalue weighted by Gasteiger charge is 2.40. The van der Waals surface area contributed by atoms with Gasteiger partial charge in [0.15, 0.2) is 5.11 Å². The molecule has 132 valence electrons. The van der Waals surface area contributed by atoms with Crippen molar-refractivity contribution in [3.8, 4) is 0 Å². The standard InChI is InChI=1S/C17H18BrN3O2S2/c1-23-14(22)6-4-10-21-16(12-7-8-13(18)25-12)15(20-17(21)24)11-5-2-3-9-19-11/h2-3,5,7-9,15-16H,4,6,10H2,1H3,(H,20,24)/t15-,16-/m1/s1. The summed E-state index contributed by atoms with van der Waals surface area (Å²) in [6.45, 7) is 0.685. The predicted octanol–water partition coefficient (Wildman–Crippen LogP) is 3.83. The van der Waals surface area contributed by atoms with Gasteiger partial charge < -0.3 is 15.0 Å². The minimum absolute atomic E-state index is 0.0163. The zero-order valence-electron chi connectivity index (χ0n) is 13.6. The highest BCUT2D eigenvalue weighted by molar-refractivity contribution is 9.11. The number of nitrogens with zero attached hydrogens (tertiary/aromatic N) is 2. The van der Waals surface area contributed by atoms with Crippen molar-refractivity contribution in [2.24, 2.45) is 0 Å². The van der Waals surface area contributed by atoms with Gasteiger partial charge in [0.05, 0.1) is 28.7 Å². The van der Waals surface area contributed by atoms with Gasteiger partial charge in [-0.05, 0) is 58.8 Å². The molecule has 8 heteroatoms. The molecule has 0 unspecified atom stereocenters. The van der Waals surface area contributed by atoms with E-state index in [4.69, 9.17) is 17.0 Å². The van der Waals surface area contributed by atoms with Gasteiger partial charge in [0.25, 0.3) is 0 Å². The lowest BCUT2D eigenvalue weighted by Crippen LogP contribution is -2.30. The lowest BCUT2D eigenvalue weighted by Gasteiger charge is -2.26. The van der Waals surface area contributed by atoms with Crippen LogP contribution in [-0.4, -0.2) is 34.6 Å². The van der Waals surface area contributed by atoms with Crippen molar-refractivity contribution in [2.75, 3.05) is 13.7 Å². The van der Waals surface area contributed by atoms with Crippen LogP contribution in [0.3, 0.4) is 0 Å². The van der Waals surface area contributed by atoms with E-state index in [1.165, 1.54) is 12.0 Å². The van der Waals surface area contributed by atoms with Crippen molar-refractivity contribution in [3.63, 3.8) is 0 Å². The monoisotopic (exact) mass is 439 g/mol. The first kappa shape index (κ1) is 18.3. The predicted molar refractivity (Wildman–Crippen MR) is 105 cm³/mol. The molecule has 0 radical (unpaired) electrons. The van der Waals surface area contributed by atoms with Gasteiger partial charge in [-0.2, -0.15) is 0 Å². The van der Waals surface area contributed by atoms with Crippen LogP contribution in [0.25, 0.3) is 0 Å². The van der Waals surface area contributed by atoms with Crippen molar-refractivity contribution < 1.29 is 9.53 Å². The summed E-state index contributed by atoms with van der Waals surface area (Å²) >= 11 is 10.8. The molecule has 0 spiro atoms. The number of ether oxygens (including phenoxy) is 1. The van der Waals surface area contributed by atoms with E-state index < -0.39 is 0 Å². The summed E-state index contributed by atoms with van der Waals surface area (Å²) in [5, 5.41) is 4.09. The summed E-state index contributed by atoms with van der Waals surface area (Å²) in [5.41, 5.74) is 0.954. The summed E-state index contributed by atoms with van der Waals surface area (Å²) in [6.07, 6.45) is 2.86. The van der Waals surface area contributed by atoms with Gasteiger partial charge in [-0.3, -0.25) is 9.78 Å². The molecule has 25 heavy (non-hydrogen) atoms. The van der Waals surface area contributed by atoms with Crippen molar-refractivity contribution in [3.05, 3.63) is 50.9 Å². The van der Waals surface area contributed by atoms with Crippen LogP contribution in [0.15, 0.2) is 40.3 Å². The van der Waals surface area contributed by atoms with E-state index in [1.54, 1.807) is 17.5 Å². The Morgan fingerprint density at radius 1 is 1.44 bits per heavy atom. The number of hydrogen-bond acceptors (Lipinski definition) is 5. The molecule has 1 saturated heterocycles. The van der Waals surface area contributed by atoms with Crippen LogP contribution in [0.1, 0.15) is 35.5 Å². The molecular formula is C17H18BrN3O2S2. The van der Waals surface area contributed by atoms with Crippen molar-refractivity contribution in [2.45, 2.75) is 24.9 Å². The number of thiocarbonyl (C=S) groups is 1. The number of nitrogens with one attached hydrogen (secondary N) is 1. The maximum absolute atomic E-state index is 11.4. The number of aromatic nitrogens is 1. The normalized spacial score (nSPS) is 19.8. The Morgan fingerprint density at radius 2 is 2.28 bits per heavy atom. The zero-order valence-corrected chi connectivity index (χ0v) is 16.9. The van der Waals surface area contributed by atoms with Crippen LogP contribution in [0.4, 0.5) is 0 Å². The molecule has 2 atom stereocenters. The van der Waals surface area contributed by atoms with Crippen LogP contribution in [0.2, 0.25) is 0 Å². The molecule has 0 amide bonds. The third kappa shape index (κ3) is 4.19. The Hall–Kier alpha value is -1.51. The number of carbonyl (C=O) groups is 1. The van der Waals surface area contributed by atoms with Gasteiger partial charge in [-0.15, -0.1) is 11.3 Å². The molecule has 0 bridgehead atoms. The lowest BCUT2D eigenvalue weighted by molar-refractivity contribution is -0.140. The Morgan fingerprint density at radius 3 is 2.92 bits per heavy atom. The van der Waals surface area contributed by atoms with Crippen molar-refractivity contribution in [1.29, 1.82) is 0 Å². The van der Waals surface area contributed by atoms with E-state index in [9.17, 15) is 4.79 Å². The number of methoxy groups -OCH3 is 1. The van der Waals surface area contributed by atoms with Crippen LogP contribution in [-0.2, 0) is 9.53 Å². The van der Waals surface area contributed by atoms with E-state index in [2.05, 4.69) is 37.2 Å². The number of hydrogen-bond donors (Lipinski definition) is 1. The molecule has 1 N–H and O–H groups in total. The Bertz CT molecular complexity index is 753. The van der Waals surface area contributed by atoms with Gasteiger partial charge in [-0.1, -0.05) is 6.07 Å². The molecule has 1 aliphatic heterocycles. The summed E-state index contributed by atoms with van der Waals surface area (Å²) in [6, 6.07) is 10.1.